The summed E-state index contributed by atoms with van der Waals surface area (Å²) in [5, 5.41) is 25.4. The maximum Gasteiger partial charge on any atom is 0.404 e. The van der Waals surface area contributed by atoms with Gasteiger partial charge in [0, 0.05) is 32.2 Å². The highest BCUT2D eigenvalue weighted by Crippen LogP contribution is 2.32. The lowest BCUT2D eigenvalue weighted by molar-refractivity contribution is -0.384. The van der Waals surface area contributed by atoms with Gasteiger partial charge in [0.15, 0.2) is 0 Å². The van der Waals surface area contributed by atoms with Crippen molar-refractivity contribution in [3.63, 3.8) is 0 Å². The Morgan fingerprint density at radius 3 is 2.86 bits per heavy atom. The molecule has 0 aromatic carbocycles. The van der Waals surface area contributed by atoms with E-state index in [4.69, 9.17) is 5.11 Å². The largest absolute Gasteiger partial charge is 0.465 e. The summed E-state index contributed by atoms with van der Waals surface area (Å²) in [6, 6.07) is 1.36. The molecule has 9 nitrogen and oxygen atoms in total. The van der Waals surface area contributed by atoms with Crippen molar-refractivity contribution in [2.75, 3.05) is 30.4 Å². The average molecular weight is 309 g/mol. The molecule has 1 fully saturated rings. The number of nitro groups is 1. The minimum atomic E-state index is -1.08. The Balaban J connectivity index is 2.32. The number of hydrogen-bond acceptors (Lipinski definition) is 6. The van der Waals surface area contributed by atoms with Crippen LogP contribution >= 0.6 is 0 Å². The van der Waals surface area contributed by atoms with Crippen molar-refractivity contribution in [2.45, 2.75) is 19.4 Å². The fourth-order valence-corrected chi connectivity index (χ4v) is 2.80. The number of hydrogen-bond donors (Lipinski definition) is 3. The monoisotopic (exact) mass is 309 g/mol. The lowest BCUT2D eigenvalue weighted by atomic mass is 9.95. The van der Waals surface area contributed by atoms with E-state index < -0.39 is 11.0 Å². The van der Waals surface area contributed by atoms with Crippen LogP contribution in [0.4, 0.5) is 22.0 Å². The summed E-state index contributed by atoms with van der Waals surface area (Å²) in [6.07, 6.45) is 0.847. The molecule has 2 atom stereocenters. The van der Waals surface area contributed by atoms with Crippen molar-refractivity contribution in [2.24, 2.45) is 5.92 Å². The summed E-state index contributed by atoms with van der Waals surface area (Å²) >= 11 is 0. The summed E-state index contributed by atoms with van der Waals surface area (Å²) in [7, 11) is 1.69. The molecule has 0 bridgehead atoms. The average Bonchev–Trinajstić information content (AvgIpc) is 2.45. The number of nitrogens with one attached hydrogen (secondary N) is 2. The van der Waals surface area contributed by atoms with Crippen LogP contribution in [0.25, 0.3) is 0 Å². The number of piperidine rings is 1. The number of aromatic nitrogens is 1. The third kappa shape index (κ3) is 3.54. The second kappa shape index (κ2) is 6.46. The summed E-state index contributed by atoms with van der Waals surface area (Å²) in [4.78, 5) is 27.4. The van der Waals surface area contributed by atoms with E-state index in [1.807, 2.05) is 11.8 Å². The van der Waals surface area contributed by atoms with Gasteiger partial charge in [-0.15, -0.1) is 0 Å². The third-order valence-electron chi connectivity index (χ3n) is 3.64. The Kier molecular flexibility index (Phi) is 4.64. The molecule has 0 aliphatic carbocycles. The fourth-order valence-electron chi connectivity index (χ4n) is 2.80. The molecule has 3 N–H and O–H groups in total. The molecule has 1 amide bonds. The van der Waals surface area contributed by atoms with Crippen LogP contribution in [-0.4, -0.2) is 47.3 Å². The van der Waals surface area contributed by atoms with Crippen molar-refractivity contribution >= 4 is 23.3 Å². The van der Waals surface area contributed by atoms with E-state index in [0.29, 0.717) is 31.0 Å². The second-order valence-electron chi connectivity index (χ2n) is 5.46. The zero-order valence-electron chi connectivity index (χ0n) is 12.4. The summed E-state index contributed by atoms with van der Waals surface area (Å²) in [5.74, 6) is 0.748. The number of amides is 1. The highest BCUT2D eigenvalue weighted by Gasteiger charge is 2.30. The highest BCUT2D eigenvalue weighted by atomic mass is 16.6. The Bertz CT molecular complexity index is 580. The van der Waals surface area contributed by atoms with E-state index in [2.05, 4.69) is 15.6 Å². The number of carbonyl (C=O) groups is 1. The van der Waals surface area contributed by atoms with E-state index in [1.54, 1.807) is 13.1 Å². The first-order valence-electron chi connectivity index (χ1n) is 6.97. The molecule has 22 heavy (non-hydrogen) atoms. The molecule has 1 aliphatic rings. The van der Waals surface area contributed by atoms with Crippen molar-refractivity contribution in [3.8, 4) is 0 Å². The molecule has 1 aromatic heterocycles. The summed E-state index contributed by atoms with van der Waals surface area (Å²) in [6.45, 7) is 3.02. The molecule has 9 heteroatoms. The number of pyridine rings is 1. The summed E-state index contributed by atoms with van der Waals surface area (Å²) in [5.41, 5.74) is 0.371. The predicted octanol–water partition coefficient (Wildman–Crippen LogP) is 1.51. The van der Waals surface area contributed by atoms with Gasteiger partial charge in [-0.05, 0) is 12.3 Å². The molecule has 0 saturated carbocycles. The molecule has 1 aromatic rings. The van der Waals surface area contributed by atoms with Crippen LogP contribution in [-0.2, 0) is 0 Å². The number of carboxylic acid groups (broad SMARTS) is 1. The predicted molar refractivity (Wildman–Crippen MR) is 81.4 cm³/mol. The topological polar surface area (TPSA) is 121 Å². The smallest absolute Gasteiger partial charge is 0.404 e. The van der Waals surface area contributed by atoms with Crippen LogP contribution in [0, 0.1) is 16.0 Å². The minimum Gasteiger partial charge on any atom is -0.465 e. The normalized spacial score (nSPS) is 21.3. The molecule has 2 rings (SSSR count). The Hall–Kier alpha value is -2.58. The van der Waals surface area contributed by atoms with Gasteiger partial charge in [-0.3, -0.25) is 10.1 Å². The molecule has 0 unspecified atom stereocenters. The van der Waals surface area contributed by atoms with E-state index in [-0.39, 0.29) is 17.6 Å². The zero-order valence-corrected chi connectivity index (χ0v) is 12.4. The third-order valence-corrected chi connectivity index (χ3v) is 3.64. The van der Waals surface area contributed by atoms with Gasteiger partial charge in [-0.25, -0.2) is 9.78 Å². The van der Waals surface area contributed by atoms with Crippen molar-refractivity contribution in [3.05, 3.63) is 22.4 Å². The minimum absolute atomic E-state index is 0.0813. The van der Waals surface area contributed by atoms with Gasteiger partial charge in [0.05, 0.1) is 4.92 Å². The molecular weight excluding hydrogens is 290 g/mol. The quantitative estimate of drug-likeness (QED) is 0.569. The van der Waals surface area contributed by atoms with E-state index >= 15 is 0 Å². The number of nitrogens with zero attached hydrogens (tertiary/aromatic N) is 3. The Labute approximate surface area is 127 Å². The van der Waals surface area contributed by atoms with Gasteiger partial charge in [-0.2, -0.15) is 0 Å². The molecule has 120 valence electrons. The second-order valence-corrected chi connectivity index (χ2v) is 5.46. The van der Waals surface area contributed by atoms with Gasteiger partial charge in [0.25, 0.3) is 0 Å². The van der Waals surface area contributed by atoms with Gasteiger partial charge in [-0.1, -0.05) is 6.92 Å². The lowest BCUT2D eigenvalue weighted by Crippen LogP contribution is -2.50. The van der Waals surface area contributed by atoms with E-state index in [0.717, 1.165) is 0 Å². The number of anilines is 2. The van der Waals surface area contributed by atoms with Crippen LogP contribution < -0.4 is 15.5 Å². The lowest BCUT2D eigenvalue weighted by Gasteiger charge is -2.37. The maximum absolute atomic E-state index is 11.2. The first-order valence-corrected chi connectivity index (χ1v) is 6.97. The molecule has 1 aliphatic heterocycles. The van der Waals surface area contributed by atoms with Crippen LogP contribution in [0.15, 0.2) is 12.3 Å². The van der Waals surface area contributed by atoms with Crippen molar-refractivity contribution in [1.82, 2.24) is 10.3 Å². The molecule has 1 saturated heterocycles. The SMILES string of the molecule is CNc1cc(N2C[C@H](C)C[C@H](NC(=O)O)C2)c([N+](=O)[O-])cn1. The van der Waals surface area contributed by atoms with Crippen LogP contribution in [0.1, 0.15) is 13.3 Å². The molecule has 0 spiro atoms. The van der Waals surface area contributed by atoms with Gasteiger partial charge < -0.3 is 20.6 Å². The number of rotatable bonds is 4. The fraction of sp³-hybridized carbons (Fsp3) is 0.538. The zero-order chi connectivity index (χ0) is 16.3. The van der Waals surface area contributed by atoms with Gasteiger partial charge in [0.1, 0.15) is 17.7 Å². The first kappa shape index (κ1) is 15.8. The van der Waals surface area contributed by atoms with Gasteiger partial charge >= 0.3 is 11.8 Å². The summed E-state index contributed by atoms with van der Waals surface area (Å²) < 4.78 is 0. The van der Waals surface area contributed by atoms with Crippen LogP contribution in [0.3, 0.4) is 0 Å². The molecular formula is C13H19N5O4. The maximum atomic E-state index is 11.2. The van der Waals surface area contributed by atoms with Crippen LogP contribution in [0.2, 0.25) is 0 Å². The molecule has 2 heterocycles. The Morgan fingerprint density at radius 1 is 1.55 bits per heavy atom. The van der Waals surface area contributed by atoms with E-state index in [9.17, 15) is 14.9 Å². The first-order chi connectivity index (χ1) is 10.4. The van der Waals surface area contributed by atoms with Crippen LogP contribution in [0.5, 0.6) is 0 Å². The standard InChI is InChI=1S/C13H19N5O4/c1-8-3-9(16-13(19)20)7-17(6-8)10-4-12(14-2)15-5-11(10)18(21)22/h4-5,8-9,16H,3,6-7H2,1-2H3,(H,14,15)(H,19,20)/t8-,9+/m1/s1. The van der Waals surface area contributed by atoms with Crippen molar-refractivity contribution in [1.29, 1.82) is 0 Å². The van der Waals surface area contributed by atoms with Crippen molar-refractivity contribution < 1.29 is 14.8 Å². The molecule has 0 radical (unpaired) electrons. The van der Waals surface area contributed by atoms with Gasteiger partial charge in [0.2, 0.25) is 0 Å². The van der Waals surface area contributed by atoms with E-state index in [1.165, 1.54) is 6.20 Å². The highest BCUT2D eigenvalue weighted by molar-refractivity contribution is 5.68. The Morgan fingerprint density at radius 2 is 2.27 bits per heavy atom.